The third-order valence-corrected chi connectivity index (χ3v) is 7.23. The third kappa shape index (κ3) is 9.34. The van der Waals surface area contributed by atoms with Crippen LogP contribution in [0.3, 0.4) is 0 Å². The molecule has 3 rings (SSSR count). The molecular weight excluding hydrogens is 504 g/mol. The molecule has 1 aliphatic rings. The monoisotopic (exact) mass is 552 g/mol. The summed E-state index contributed by atoms with van der Waals surface area (Å²) in [6.07, 6.45) is 4.10. The predicted octanol–water partition coefficient (Wildman–Crippen LogP) is 5.43. The zero-order chi connectivity index (χ0) is 28.7. The minimum absolute atomic E-state index is 0.00124. The van der Waals surface area contributed by atoms with Crippen molar-refractivity contribution in [2.75, 3.05) is 39.4 Å². The Morgan fingerprint density at radius 1 is 0.700 bits per heavy atom. The molecule has 0 saturated carbocycles. The van der Waals surface area contributed by atoms with E-state index in [1.165, 1.54) is 0 Å². The van der Waals surface area contributed by atoms with Gasteiger partial charge in [-0.1, -0.05) is 70.2 Å². The van der Waals surface area contributed by atoms with Crippen molar-refractivity contribution in [3.8, 4) is 5.75 Å². The first kappa shape index (κ1) is 31.6. The molecule has 0 radical (unpaired) electrons. The number of amides is 2. The predicted molar refractivity (Wildman–Crippen MR) is 158 cm³/mol. The Kier molecular flexibility index (Phi) is 13.5. The van der Waals surface area contributed by atoms with Crippen LogP contribution in [-0.4, -0.2) is 73.2 Å². The summed E-state index contributed by atoms with van der Waals surface area (Å²) < 4.78 is 18.8. The lowest BCUT2D eigenvalue weighted by Gasteiger charge is -2.34. The number of carbonyl (C=O) groups is 2. The molecule has 220 valence electrons. The smallest absolute Gasteiger partial charge is 0.248 e. The van der Waals surface area contributed by atoms with E-state index in [4.69, 9.17) is 14.2 Å². The lowest BCUT2D eigenvalue weighted by molar-refractivity contribution is -0.149. The van der Waals surface area contributed by atoms with E-state index in [1.807, 2.05) is 52.3 Å². The molecule has 2 atom stereocenters. The van der Waals surface area contributed by atoms with Gasteiger partial charge in [0, 0.05) is 44.6 Å². The molecule has 0 N–H and O–H groups in total. The van der Waals surface area contributed by atoms with Gasteiger partial charge in [0.25, 0.3) is 0 Å². The zero-order valence-corrected chi connectivity index (χ0v) is 24.9. The molecule has 2 aromatic rings. The van der Waals surface area contributed by atoms with Gasteiger partial charge in [0.15, 0.2) is 0 Å². The van der Waals surface area contributed by atoms with E-state index in [0.717, 1.165) is 74.3 Å². The summed E-state index contributed by atoms with van der Waals surface area (Å²) in [6.45, 7) is 11.7. The van der Waals surface area contributed by atoms with Crippen LogP contribution >= 0.6 is 0 Å². The zero-order valence-electron chi connectivity index (χ0n) is 24.9. The first-order valence-electron chi connectivity index (χ1n) is 15.1. The molecule has 0 spiro atoms. The number of carbonyl (C=O) groups excluding carboxylic acids is 2. The normalized spacial score (nSPS) is 16.3. The van der Waals surface area contributed by atoms with Gasteiger partial charge >= 0.3 is 0 Å². The van der Waals surface area contributed by atoms with E-state index in [2.05, 4.69) is 33.8 Å². The van der Waals surface area contributed by atoms with Gasteiger partial charge in [0.2, 0.25) is 11.8 Å². The van der Waals surface area contributed by atoms with Gasteiger partial charge in [0.1, 0.15) is 25.6 Å². The topological polar surface area (TPSA) is 68.3 Å². The maximum absolute atomic E-state index is 13.0. The lowest BCUT2D eigenvalue weighted by Crippen LogP contribution is -2.44. The SMILES string of the molecule is CCCN(CCC)C(=O)CO[C@H]1Cc2cccc(OCc3ccccc3)c2C[C@@H]1OCC(=O)N(CCC)CCC. The Labute approximate surface area is 240 Å². The highest BCUT2D eigenvalue weighted by Gasteiger charge is 2.33. The van der Waals surface area contributed by atoms with Crippen LogP contribution in [0.1, 0.15) is 70.1 Å². The second-order valence-corrected chi connectivity index (χ2v) is 10.5. The van der Waals surface area contributed by atoms with Crippen LogP contribution in [0.15, 0.2) is 48.5 Å². The number of nitrogens with zero attached hydrogens (tertiary/aromatic N) is 2. The third-order valence-electron chi connectivity index (χ3n) is 7.23. The maximum Gasteiger partial charge on any atom is 0.248 e. The van der Waals surface area contributed by atoms with Crippen LogP contribution in [0.4, 0.5) is 0 Å². The Morgan fingerprint density at radius 2 is 1.23 bits per heavy atom. The molecule has 7 nitrogen and oxygen atoms in total. The molecule has 0 heterocycles. The van der Waals surface area contributed by atoms with Gasteiger partial charge in [-0.05, 0) is 42.9 Å². The lowest BCUT2D eigenvalue weighted by atomic mass is 9.87. The molecule has 1 aliphatic carbocycles. The van der Waals surface area contributed by atoms with Crippen LogP contribution in [-0.2, 0) is 38.5 Å². The summed E-state index contributed by atoms with van der Waals surface area (Å²) in [6, 6.07) is 16.2. The second kappa shape index (κ2) is 17.0. The largest absolute Gasteiger partial charge is 0.489 e. The van der Waals surface area contributed by atoms with E-state index in [-0.39, 0.29) is 37.2 Å². The van der Waals surface area contributed by atoms with E-state index >= 15 is 0 Å². The summed E-state index contributed by atoms with van der Waals surface area (Å²) in [4.78, 5) is 29.7. The van der Waals surface area contributed by atoms with Crippen molar-refractivity contribution in [3.63, 3.8) is 0 Å². The van der Waals surface area contributed by atoms with E-state index < -0.39 is 0 Å². The summed E-state index contributed by atoms with van der Waals surface area (Å²) in [5, 5.41) is 0. The summed E-state index contributed by atoms with van der Waals surface area (Å²) in [7, 11) is 0. The van der Waals surface area contributed by atoms with Gasteiger partial charge in [-0.15, -0.1) is 0 Å². The average Bonchev–Trinajstić information content (AvgIpc) is 2.97. The molecule has 2 aromatic carbocycles. The highest BCUT2D eigenvalue weighted by Crippen LogP contribution is 2.33. The van der Waals surface area contributed by atoms with Gasteiger partial charge in [-0.2, -0.15) is 0 Å². The van der Waals surface area contributed by atoms with Crippen molar-refractivity contribution in [3.05, 3.63) is 65.2 Å². The quantitative estimate of drug-likeness (QED) is 0.262. The molecule has 0 bridgehead atoms. The second-order valence-electron chi connectivity index (χ2n) is 10.5. The fourth-order valence-corrected chi connectivity index (χ4v) is 5.26. The van der Waals surface area contributed by atoms with Crippen molar-refractivity contribution in [2.24, 2.45) is 0 Å². The summed E-state index contributed by atoms with van der Waals surface area (Å²) >= 11 is 0. The number of hydrogen-bond donors (Lipinski definition) is 0. The maximum atomic E-state index is 13.0. The van der Waals surface area contributed by atoms with Crippen LogP contribution in [0.25, 0.3) is 0 Å². The number of rotatable bonds is 17. The molecule has 40 heavy (non-hydrogen) atoms. The number of benzene rings is 2. The molecule has 0 unspecified atom stereocenters. The van der Waals surface area contributed by atoms with Gasteiger partial charge in [0.05, 0.1) is 12.2 Å². The first-order valence-corrected chi connectivity index (χ1v) is 15.1. The molecule has 0 fully saturated rings. The number of hydrogen-bond acceptors (Lipinski definition) is 5. The van der Waals surface area contributed by atoms with Gasteiger partial charge < -0.3 is 24.0 Å². The minimum Gasteiger partial charge on any atom is -0.489 e. The van der Waals surface area contributed by atoms with Crippen molar-refractivity contribution in [2.45, 2.75) is 85.0 Å². The first-order chi connectivity index (χ1) is 19.5. The summed E-state index contributed by atoms with van der Waals surface area (Å²) in [5.74, 6) is 0.822. The van der Waals surface area contributed by atoms with Crippen molar-refractivity contribution in [1.82, 2.24) is 9.80 Å². The van der Waals surface area contributed by atoms with E-state index in [0.29, 0.717) is 19.4 Å². The Hall–Kier alpha value is -2.90. The van der Waals surface area contributed by atoms with Crippen LogP contribution in [0.2, 0.25) is 0 Å². The van der Waals surface area contributed by atoms with Gasteiger partial charge in [-0.25, -0.2) is 0 Å². The van der Waals surface area contributed by atoms with Crippen molar-refractivity contribution >= 4 is 11.8 Å². The van der Waals surface area contributed by atoms with Crippen molar-refractivity contribution < 1.29 is 23.8 Å². The fraction of sp³-hybridized carbons (Fsp3) is 0.576. The highest BCUT2D eigenvalue weighted by molar-refractivity contribution is 5.78. The Bertz CT molecular complexity index is 1030. The van der Waals surface area contributed by atoms with E-state index in [1.54, 1.807) is 0 Å². The highest BCUT2D eigenvalue weighted by atomic mass is 16.5. The molecular formula is C33H48N2O5. The Balaban J connectivity index is 1.76. The van der Waals surface area contributed by atoms with Gasteiger partial charge in [-0.3, -0.25) is 9.59 Å². The summed E-state index contributed by atoms with van der Waals surface area (Å²) in [5.41, 5.74) is 3.32. The standard InChI is InChI=1S/C33H48N2O5/c1-5-17-34(18-6-2)32(36)24-39-30-21-27-15-12-16-29(38-23-26-13-10-9-11-14-26)28(27)22-31(30)40-25-33(37)35(19-7-3)20-8-4/h9-16,30-31H,5-8,17-25H2,1-4H3/t30-,31-/m0/s1. The molecule has 7 heteroatoms. The molecule has 0 aromatic heterocycles. The Morgan fingerprint density at radius 3 is 1.75 bits per heavy atom. The minimum atomic E-state index is -0.360. The van der Waals surface area contributed by atoms with Crippen LogP contribution < -0.4 is 4.74 Å². The molecule has 0 saturated heterocycles. The number of ether oxygens (including phenoxy) is 3. The number of fused-ring (bicyclic) bond motifs is 1. The van der Waals surface area contributed by atoms with E-state index in [9.17, 15) is 9.59 Å². The fourth-order valence-electron chi connectivity index (χ4n) is 5.26. The average molecular weight is 553 g/mol. The molecule has 0 aliphatic heterocycles. The van der Waals surface area contributed by atoms with Crippen LogP contribution in [0.5, 0.6) is 5.75 Å². The van der Waals surface area contributed by atoms with Crippen molar-refractivity contribution in [1.29, 1.82) is 0 Å². The van der Waals surface area contributed by atoms with Crippen LogP contribution in [0, 0.1) is 0 Å². The molecule has 2 amide bonds.